The van der Waals surface area contributed by atoms with Gasteiger partial charge in [-0.15, -0.1) is 0 Å². The van der Waals surface area contributed by atoms with E-state index in [4.69, 9.17) is 5.11 Å². The maximum absolute atomic E-state index is 12.2. The van der Waals surface area contributed by atoms with Crippen LogP contribution in [0.15, 0.2) is 42.5 Å². The number of benzene rings is 1. The van der Waals surface area contributed by atoms with Crippen LogP contribution in [0.2, 0.25) is 0 Å². The molecular weight excluding hydrogens is 304 g/mol. The van der Waals surface area contributed by atoms with Crippen molar-refractivity contribution in [3.05, 3.63) is 53.7 Å². The van der Waals surface area contributed by atoms with Crippen LogP contribution in [0.1, 0.15) is 41.7 Å². The number of hydrogen-bond acceptors (Lipinski definition) is 3. The molecule has 0 fully saturated rings. The summed E-state index contributed by atoms with van der Waals surface area (Å²) in [6, 6.07) is 13.5. The highest BCUT2D eigenvalue weighted by atomic mass is 16.4. The van der Waals surface area contributed by atoms with Crippen molar-refractivity contribution >= 4 is 11.9 Å². The number of aliphatic carboxylic acids is 1. The Bertz CT molecular complexity index is 699. The number of amides is 1. The second-order valence-corrected chi connectivity index (χ2v) is 5.66. The summed E-state index contributed by atoms with van der Waals surface area (Å²) in [5.74, 6) is -0.919. The molecule has 1 aromatic carbocycles. The van der Waals surface area contributed by atoms with Gasteiger partial charge in [-0.3, -0.25) is 14.6 Å². The van der Waals surface area contributed by atoms with Gasteiger partial charge < -0.3 is 10.4 Å². The van der Waals surface area contributed by atoms with Crippen LogP contribution in [0.25, 0.3) is 11.3 Å². The van der Waals surface area contributed by atoms with Crippen LogP contribution in [0.4, 0.5) is 0 Å². The van der Waals surface area contributed by atoms with Crippen molar-refractivity contribution in [2.24, 2.45) is 0 Å². The SMILES string of the molecule is Cc1nc(-c2ccccc2)ccc1C(=O)NCCCCCC(=O)O. The summed E-state index contributed by atoms with van der Waals surface area (Å²) in [6.07, 6.45) is 2.37. The Balaban J connectivity index is 1.87. The molecule has 24 heavy (non-hydrogen) atoms. The number of aryl methyl sites for hydroxylation is 1. The number of carboxylic acid groups (broad SMARTS) is 1. The number of unbranched alkanes of at least 4 members (excludes halogenated alkanes) is 2. The number of aromatic nitrogens is 1. The Morgan fingerprint density at radius 2 is 1.79 bits per heavy atom. The van der Waals surface area contributed by atoms with Crippen LogP contribution < -0.4 is 5.32 Å². The molecule has 0 bridgehead atoms. The van der Waals surface area contributed by atoms with Gasteiger partial charge in [-0.05, 0) is 31.9 Å². The maximum atomic E-state index is 12.2. The summed E-state index contributed by atoms with van der Waals surface area (Å²) in [5, 5.41) is 11.4. The Kier molecular flexibility index (Phi) is 6.49. The Morgan fingerprint density at radius 3 is 2.46 bits per heavy atom. The fourth-order valence-corrected chi connectivity index (χ4v) is 2.45. The van der Waals surface area contributed by atoms with Gasteiger partial charge in [0.15, 0.2) is 0 Å². The van der Waals surface area contributed by atoms with Crippen LogP contribution >= 0.6 is 0 Å². The number of nitrogens with one attached hydrogen (secondary N) is 1. The van der Waals surface area contributed by atoms with Gasteiger partial charge in [-0.25, -0.2) is 0 Å². The first kappa shape index (κ1) is 17.7. The van der Waals surface area contributed by atoms with Crippen LogP contribution in [0.5, 0.6) is 0 Å². The molecule has 126 valence electrons. The summed E-state index contributed by atoms with van der Waals surface area (Å²) in [7, 11) is 0. The highest BCUT2D eigenvalue weighted by Crippen LogP contribution is 2.18. The number of rotatable bonds is 8. The third-order valence-electron chi connectivity index (χ3n) is 3.75. The molecule has 0 saturated carbocycles. The average molecular weight is 326 g/mol. The Hall–Kier alpha value is -2.69. The largest absolute Gasteiger partial charge is 0.481 e. The van der Waals surface area contributed by atoms with Crippen molar-refractivity contribution in [2.45, 2.75) is 32.6 Å². The smallest absolute Gasteiger partial charge is 0.303 e. The van der Waals surface area contributed by atoms with Crippen molar-refractivity contribution in [3.8, 4) is 11.3 Å². The molecule has 2 rings (SSSR count). The van der Waals surface area contributed by atoms with Crippen molar-refractivity contribution in [3.63, 3.8) is 0 Å². The lowest BCUT2D eigenvalue weighted by Crippen LogP contribution is -2.25. The number of nitrogens with zero attached hydrogens (tertiary/aromatic N) is 1. The molecule has 5 nitrogen and oxygen atoms in total. The van der Waals surface area contributed by atoms with Crippen LogP contribution in [-0.4, -0.2) is 28.5 Å². The molecule has 0 saturated heterocycles. The maximum Gasteiger partial charge on any atom is 0.303 e. The highest BCUT2D eigenvalue weighted by molar-refractivity contribution is 5.95. The van der Waals surface area contributed by atoms with E-state index in [2.05, 4.69) is 10.3 Å². The minimum Gasteiger partial charge on any atom is -0.481 e. The summed E-state index contributed by atoms with van der Waals surface area (Å²) >= 11 is 0. The summed E-state index contributed by atoms with van der Waals surface area (Å²) in [4.78, 5) is 27.1. The third-order valence-corrected chi connectivity index (χ3v) is 3.75. The fraction of sp³-hybridized carbons (Fsp3) is 0.316. The molecule has 0 aliphatic carbocycles. The highest BCUT2D eigenvalue weighted by Gasteiger charge is 2.10. The van der Waals surface area contributed by atoms with E-state index in [9.17, 15) is 9.59 Å². The van der Waals surface area contributed by atoms with E-state index in [-0.39, 0.29) is 12.3 Å². The van der Waals surface area contributed by atoms with Gasteiger partial charge in [-0.1, -0.05) is 36.8 Å². The van der Waals surface area contributed by atoms with Crippen LogP contribution in [0, 0.1) is 6.92 Å². The first-order chi connectivity index (χ1) is 11.6. The second kappa shape index (κ2) is 8.82. The molecule has 0 spiro atoms. The normalized spacial score (nSPS) is 10.4. The zero-order valence-electron chi connectivity index (χ0n) is 13.8. The molecule has 0 aliphatic heterocycles. The molecule has 0 unspecified atom stereocenters. The molecule has 0 radical (unpaired) electrons. The van der Waals surface area contributed by atoms with E-state index in [1.807, 2.05) is 43.3 Å². The number of pyridine rings is 1. The van der Waals surface area contributed by atoms with Crippen molar-refractivity contribution in [1.82, 2.24) is 10.3 Å². The minimum atomic E-state index is -0.778. The summed E-state index contributed by atoms with van der Waals surface area (Å²) in [6.45, 7) is 2.37. The average Bonchev–Trinajstić information content (AvgIpc) is 2.58. The van der Waals surface area contributed by atoms with E-state index in [0.717, 1.165) is 24.1 Å². The first-order valence-corrected chi connectivity index (χ1v) is 8.11. The lowest BCUT2D eigenvalue weighted by atomic mass is 10.1. The van der Waals surface area contributed by atoms with E-state index in [1.54, 1.807) is 6.07 Å². The van der Waals surface area contributed by atoms with Gasteiger partial charge in [0.1, 0.15) is 0 Å². The lowest BCUT2D eigenvalue weighted by Gasteiger charge is -2.09. The lowest BCUT2D eigenvalue weighted by molar-refractivity contribution is -0.137. The molecule has 1 amide bonds. The van der Waals surface area contributed by atoms with Gasteiger partial charge in [0.2, 0.25) is 0 Å². The molecule has 1 aromatic heterocycles. The number of carbonyl (C=O) groups is 2. The molecular formula is C19H22N2O3. The van der Waals surface area contributed by atoms with E-state index < -0.39 is 5.97 Å². The van der Waals surface area contributed by atoms with Crippen molar-refractivity contribution in [1.29, 1.82) is 0 Å². The van der Waals surface area contributed by atoms with Crippen LogP contribution in [0.3, 0.4) is 0 Å². The zero-order valence-corrected chi connectivity index (χ0v) is 13.8. The third kappa shape index (κ3) is 5.19. The minimum absolute atomic E-state index is 0.141. The molecule has 0 aliphatic rings. The standard InChI is InChI=1S/C19H22N2O3/c1-14-16(19(24)20-13-7-3-6-10-18(22)23)11-12-17(21-14)15-8-4-2-5-9-15/h2,4-5,8-9,11-12H,3,6-7,10,13H2,1H3,(H,20,24)(H,22,23). The monoisotopic (exact) mass is 326 g/mol. The van der Waals surface area contributed by atoms with Crippen molar-refractivity contribution in [2.75, 3.05) is 6.54 Å². The summed E-state index contributed by atoms with van der Waals surface area (Å²) < 4.78 is 0. The Morgan fingerprint density at radius 1 is 1.04 bits per heavy atom. The molecule has 2 aromatic rings. The van der Waals surface area contributed by atoms with Gasteiger partial charge >= 0.3 is 5.97 Å². The first-order valence-electron chi connectivity index (χ1n) is 8.11. The van der Waals surface area contributed by atoms with E-state index in [0.29, 0.717) is 24.2 Å². The summed E-state index contributed by atoms with van der Waals surface area (Å²) in [5.41, 5.74) is 3.13. The molecule has 1 heterocycles. The van der Waals surface area contributed by atoms with E-state index in [1.165, 1.54) is 0 Å². The van der Waals surface area contributed by atoms with Crippen LogP contribution in [-0.2, 0) is 4.79 Å². The van der Waals surface area contributed by atoms with Crippen molar-refractivity contribution < 1.29 is 14.7 Å². The number of carboxylic acids is 1. The van der Waals surface area contributed by atoms with Gasteiger partial charge in [0.05, 0.1) is 17.0 Å². The molecule has 2 N–H and O–H groups in total. The second-order valence-electron chi connectivity index (χ2n) is 5.66. The zero-order chi connectivity index (χ0) is 17.4. The van der Waals surface area contributed by atoms with Gasteiger partial charge in [0, 0.05) is 18.5 Å². The Labute approximate surface area is 141 Å². The van der Waals surface area contributed by atoms with Gasteiger partial charge in [-0.2, -0.15) is 0 Å². The number of hydrogen-bond donors (Lipinski definition) is 2. The molecule has 5 heteroatoms. The number of carbonyl (C=O) groups excluding carboxylic acids is 1. The fourth-order valence-electron chi connectivity index (χ4n) is 2.45. The quantitative estimate of drug-likeness (QED) is 0.728. The molecule has 0 atom stereocenters. The van der Waals surface area contributed by atoms with E-state index >= 15 is 0 Å². The topological polar surface area (TPSA) is 79.3 Å². The predicted molar refractivity (Wildman–Crippen MR) is 92.8 cm³/mol. The predicted octanol–water partition coefficient (Wildman–Crippen LogP) is 3.43. The van der Waals surface area contributed by atoms with Gasteiger partial charge in [0.25, 0.3) is 5.91 Å².